The Balaban J connectivity index is 0.000000422. The summed E-state index contributed by atoms with van der Waals surface area (Å²) in [7, 11) is -0.137. The van der Waals surface area contributed by atoms with E-state index in [4.69, 9.17) is 22.4 Å². The molecule has 7 nitrogen and oxygen atoms in total. The molecule has 0 aromatic heterocycles. The third kappa shape index (κ3) is 8.08. The van der Waals surface area contributed by atoms with Crippen molar-refractivity contribution >= 4 is 26.0 Å². The fourth-order valence-electron chi connectivity index (χ4n) is 1.29. The average molecular weight is 361 g/mol. The number of hydrogen-bond donors (Lipinski definition) is 1. The molecule has 1 atom stereocenters. The molecule has 0 aliphatic carbocycles. The summed E-state index contributed by atoms with van der Waals surface area (Å²) in [6.07, 6.45) is 0.126. The second kappa shape index (κ2) is 8.22. The molecule has 0 radical (unpaired) electrons. The van der Waals surface area contributed by atoms with Crippen LogP contribution in [0, 0.1) is 0 Å². The summed E-state index contributed by atoms with van der Waals surface area (Å²) in [5.41, 5.74) is 0.152. The van der Waals surface area contributed by atoms with Crippen molar-refractivity contribution in [1.29, 1.82) is 0 Å². The SMILES string of the molecule is O=C(OC1CCO1)c1cccc(OC(F)F)c1.O=S(=O)(O)Cl. The predicted octanol–water partition coefficient (Wildman–Crippen LogP) is 2.22. The fraction of sp³-hybridized carbons (Fsp3) is 0.364. The van der Waals surface area contributed by atoms with Crippen molar-refractivity contribution in [3.8, 4) is 5.75 Å². The Morgan fingerprint density at radius 3 is 2.50 bits per heavy atom. The van der Waals surface area contributed by atoms with Gasteiger partial charge in [0.05, 0.1) is 12.2 Å². The Hall–Kier alpha value is -1.49. The maximum absolute atomic E-state index is 12.0. The summed E-state index contributed by atoms with van der Waals surface area (Å²) < 4.78 is 63.1. The number of esters is 1. The van der Waals surface area contributed by atoms with E-state index in [2.05, 4.69) is 15.4 Å². The second-order valence-electron chi connectivity index (χ2n) is 3.81. The maximum atomic E-state index is 12.0. The Morgan fingerprint density at radius 2 is 2.05 bits per heavy atom. The van der Waals surface area contributed by atoms with Gasteiger partial charge < -0.3 is 14.2 Å². The number of alkyl halides is 2. The fourth-order valence-corrected chi connectivity index (χ4v) is 1.29. The van der Waals surface area contributed by atoms with Crippen LogP contribution in [-0.2, 0) is 18.8 Å². The van der Waals surface area contributed by atoms with E-state index in [1.54, 1.807) is 0 Å². The Morgan fingerprint density at radius 1 is 1.45 bits per heavy atom. The van der Waals surface area contributed by atoms with Crippen LogP contribution >= 0.6 is 10.7 Å². The summed E-state index contributed by atoms with van der Waals surface area (Å²) in [5.74, 6) is -0.696. The van der Waals surface area contributed by atoms with Gasteiger partial charge in [-0.05, 0) is 18.2 Å². The standard InChI is InChI=1S/C11H10F2O4.ClHO3S/c12-11(13)16-8-3-1-2-7(6-8)10(14)17-9-4-5-15-9;1-5(2,3)4/h1-3,6,9,11H,4-5H2;(H,2,3,4). The number of hydrogen-bond acceptors (Lipinski definition) is 6. The van der Waals surface area contributed by atoms with Crippen LogP contribution < -0.4 is 4.74 Å². The third-order valence-electron chi connectivity index (χ3n) is 2.19. The number of carbonyl (C=O) groups excluding carboxylic acids is 1. The summed E-state index contributed by atoms with van der Waals surface area (Å²) in [5, 5.41) is 0. The van der Waals surface area contributed by atoms with E-state index in [0.717, 1.165) is 0 Å². The summed E-state index contributed by atoms with van der Waals surface area (Å²) in [4.78, 5) is 11.5. The smallest absolute Gasteiger partial charge is 0.387 e. The molecule has 0 spiro atoms. The van der Waals surface area contributed by atoms with Crippen molar-refractivity contribution in [2.75, 3.05) is 6.61 Å². The highest BCUT2D eigenvalue weighted by Crippen LogP contribution is 2.19. The quantitative estimate of drug-likeness (QED) is 0.499. The molecule has 0 saturated carbocycles. The number of ether oxygens (including phenoxy) is 3. The Labute approximate surface area is 129 Å². The molecule has 0 amide bonds. The zero-order valence-electron chi connectivity index (χ0n) is 10.8. The summed E-state index contributed by atoms with van der Waals surface area (Å²) >= 11 is 0. The van der Waals surface area contributed by atoms with Gasteiger partial charge in [-0.25, -0.2) is 4.79 Å². The molecule has 1 N–H and O–H groups in total. The van der Waals surface area contributed by atoms with E-state index in [0.29, 0.717) is 13.0 Å². The van der Waals surface area contributed by atoms with E-state index in [-0.39, 0.29) is 11.3 Å². The first-order valence-corrected chi connectivity index (χ1v) is 7.96. The normalized spacial score (nSPS) is 17.0. The lowest BCUT2D eigenvalue weighted by Gasteiger charge is -2.25. The number of benzene rings is 1. The molecule has 1 aliphatic rings. The van der Waals surface area contributed by atoms with E-state index in [1.165, 1.54) is 24.3 Å². The Kier molecular flexibility index (Phi) is 6.94. The monoisotopic (exact) mass is 360 g/mol. The molecule has 1 saturated heterocycles. The Bertz CT molecular complexity index is 596. The van der Waals surface area contributed by atoms with Gasteiger partial charge in [-0.1, -0.05) is 6.07 Å². The topological polar surface area (TPSA) is 99.1 Å². The minimum absolute atomic E-state index is 0.0797. The molecule has 11 heteroatoms. The van der Waals surface area contributed by atoms with Crippen LogP contribution in [0.4, 0.5) is 8.78 Å². The molecule has 1 fully saturated rings. The maximum Gasteiger partial charge on any atom is 0.387 e. The second-order valence-corrected chi connectivity index (χ2v) is 5.81. The first-order valence-electron chi connectivity index (χ1n) is 5.69. The van der Waals surface area contributed by atoms with Crippen LogP contribution in [-0.4, -0.2) is 38.4 Å². The van der Waals surface area contributed by atoms with Gasteiger partial charge >= 0.3 is 21.9 Å². The number of carbonyl (C=O) groups is 1. The zero-order valence-corrected chi connectivity index (χ0v) is 12.4. The minimum atomic E-state index is -4.19. The van der Waals surface area contributed by atoms with E-state index in [1.807, 2.05) is 0 Å². The third-order valence-corrected chi connectivity index (χ3v) is 2.19. The highest BCUT2D eigenvalue weighted by atomic mass is 35.7. The van der Waals surface area contributed by atoms with Crippen LogP contribution in [0.3, 0.4) is 0 Å². The van der Waals surface area contributed by atoms with Crippen LogP contribution in [0.15, 0.2) is 24.3 Å². The first-order chi connectivity index (χ1) is 10.1. The van der Waals surface area contributed by atoms with Crippen molar-refractivity contribution in [3.05, 3.63) is 29.8 Å². The molecular formula is C11H11ClF2O7S. The van der Waals surface area contributed by atoms with Gasteiger partial charge in [0.15, 0.2) is 0 Å². The van der Waals surface area contributed by atoms with E-state index < -0.39 is 28.2 Å². The van der Waals surface area contributed by atoms with Crippen molar-refractivity contribution in [2.45, 2.75) is 19.3 Å². The minimum Gasteiger partial charge on any atom is -0.435 e. The van der Waals surface area contributed by atoms with Crippen molar-refractivity contribution < 1.29 is 40.8 Å². The van der Waals surface area contributed by atoms with Crippen LogP contribution in [0.25, 0.3) is 0 Å². The largest absolute Gasteiger partial charge is 0.435 e. The van der Waals surface area contributed by atoms with Gasteiger partial charge in [0.25, 0.3) is 0 Å². The van der Waals surface area contributed by atoms with Crippen molar-refractivity contribution in [3.63, 3.8) is 0 Å². The van der Waals surface area contributed by atoms with Gasteiger partial charge in [0.2, 0.25) is 6.29 Å². The average Bonchev–Trinajstić information content (AvgIpc) is 2.31. The van der Waals surface area contributed by atoms with Gasteiger partial charge in [0, 0.05) is 17.1 Å². The lowest BCUT2D eigenvalue weighted by molar-refractivity contribution is -0.184. The van der Waals surface area contributed by atoms with Gasteiger partial charge in [-0.3, -0.25) is 4.55 Å². The molecule has 0 bridgehead atoms. The van der Waals surface area contributed by atoms with Crippen LogP contribution in [0.2, 0.25) is 0 Å². The lowest BCUT2D eigenvalue weighted by atomic mass is 10.2. The highest BCUT2D eigenvalue weighted by Gasteiger charge is 2.23. The molecule has 22 heavy (non-hydrogen) atoms. The zero-order chi connectivity index (χ0) is 16.8. The lowest BCUT2D eigenvalue weighted by Crippen LogP contribution is -2.31. The molecule has 124 valence electrons. The number of halogens is 3. The van der Waals surface area contributed by atoms with Gasteiger partial charge in [0.1, 0.15) is 5.75 Å². The molecule has 2 rings (SSSR count). The predicted molar refractivity (Wildman–Crippen MR) is 70.2 cm³/mol. The molecule has 1 aliphatic heterocycles. The highest BCUT2D eigenvalue weighted by molar-refractivity contribution is 8.09. The molecule has 1 aromatic carbocycles. The molecule has 1 unspecified atom stereocenters. The molecule has 1 aromatic rings. The van der Waals surface area contributed by atoms with Gasteiger partial charge in [-0.2, -0.15) is 17.2 Å². The summed E-state index contributed by atoms with van der Waals surface area (Å²) in [6, 6.07) is 5.44. The van der Waals surface area contributed by atoms with Crippen molar-refractivity contribution in [2.24, 2.45) is 0 Å². The molecule has 1 heterocycles. The van der Waals surface area contributed by atoms with E-state index >= 15 is 0 Å². The first kappa shape index (κ1) is 18.6. The summed E-state index contributed by atoms with van der Waals surface area (Å²) in [6.45, 7) is -2.36. The number of rotatable bonds is 4. The van der Waals surface area contributed by atoms with E-state index in [9.17, 15) is 13.6 Å². The van der Waals surface area contributed by atoms with Crippen LogP contribution in [0.1, 0.15) is 16.8 Å². The van der Waals surface area contributed by atoms with Crippen molar-refractivity contribution in [1.82, 2.24) is 0 Å². The molecular weight excluding hydrogens is 350 g/mol. The van der Waals surface area contributed by atoms with Crippen LogP contribution in [0.5, 0.6) is 5.75 Å². The van der Waals surface area contributed by atoms with Gasteiger partial charge in [-0.15, -0.1) is 0 Å².